The molecule has 1 aliphatic rings. The van der Waals surface area contributed by atoms with Crippen LogP contribution in [-0.4, -0.2) is 68.3 Å². The van der Waals surface area contributed by atoms with Gasteiger partial charge in [-0.25, -0.2) is 15.0 Å². The lowest BCUT2D eigenvalue weighted by atomic mass is 10.2. The second-order valence-electron chi connectivity index (χ2n) is 8.14. The number of hydrogen-bond donors (Lipinski definition) is 1. The molecule has 33 heavy (non-hydrogen) atoms. The molecule has 4 aromatic heterocycles. The Hall–Kier alpha value is -3.85. The van der Waals surface area contributed by atoms with Crippen molar-refractivity contribution in [2.75, 3.05) is 42.9 Å². The lowest BCUT2D eigenvalue weighted by Crippen LogP contribution is -2.46. The molecule has 0 bridgehead atoms. The zero-order valence-corrected chi connectivity index (χ0v) is 18.8. The predicted octanol–water partition coefficient (Wildman–Crippen LogP) is 2.82. The molecule has 5 rings (SSSR count). The maximum Gasteiger partial charge on any atom is 0.257 e. The summed E-state index contributed by atoms with van der Waals surface area (Å²) in [5, 5.41) is 8.01. The fourth-order valence-electron chi connectivity index (χ4n) is 4.01. The Bertz CT molecular complexity index is 1290. The number of carbonyl (C=O) groups is 1. The van der Waals surface area contributed by atoms with Crippen molar-refractivity contribution in [3.8, 4) is 11.3 Å². The topological polar surface area (TPSA) is 92.1 Å². The molecule has 1 fully saturated rings. The van der Waals surface area contributed by atoms with Crippen molar-refractivity contribution >= 4 is 28.4 Å². The molecule has 9 heteroatoms. The van der Waals surface area contributed by atoms with Gasteiger partial charge >= 0.3 is 0 Å². The van der Waals surface area contributed by atoms with Crippen LogP contribution in [0.15, 0.2) is 55.1 Å². The number of likely N-dealkylation sites (N-methyl/N-ethyl adjacent to an activating group) is 1. The molecule has 0 aliphatic carbocycles. The number of aryl methyl sites for hydroxylation is 1. The third kappa shape index (κ3) is 4.54. The molecule has 0 spiro atoms. The van der Waals surface area contributed by atoms with Crippen LogP contribution < -0.4 is 10.2 Å². The van der Waals surface area contributed by atoms with Crippen LogP contribution in [0.4, 0.5) is 11.6 Å². The van der Waals surface area contributed by atoms with Crippen molar-refractivity contribution < 1.29 is 4.79 Å². The number of carbonyl (C=O) groups excluding carboxylic acids is 1. The summed E-state index contributed by atoms with van der Waals surface area (Å²) in [5.74, 6) is 1.06. The van der Waals surface area contributed by atoms with Gasteiger partial charge in [0.1, 0.15) is 11.6 Å². The molecule has 9 nitrogen and oxygen atoms in total. The van der Waals surface area contributed by atoms with Gasteiger partial charge in [0, 0.05) is 74.4 Å². The Morgan fingerprint density at radius 2 is 1.91 bits per heavy atom. The third-order valence-electron chi connectivity index (χ3n) is 5.97. The molecule has 1 saturated heterocycles. The summed E-state index contributed by atoms with van der Waals surface area (Å²) in [7, 11) is 1.87. The highest BCUT2D eigenvalue weighted by Gasteiger charge is 2.18. The summed E-state index contributed by atoms with van der Waals surface area (Å²) >= 11 is 0. The van der Waals surface area contributed by atoms with Crippen molar-refractivity contribution in [2.24, 2.45) is 7.05 Å². The first-order valence-electron chi connectivity index (χ1n) is 11.1. The van der Waals surface area contributed by atoms with Gasteiger partial charge in [-0.1, -0.05) is 6.92 Å². The highest BCUT2D eigenvalue weighted by molar-refractivity contribution is 6.04. The monoisotopic (exact) mass is 442 g/mol. The number of amides is 1. The molecule has 0 aromatic carbocycles. The molecule has 168 valence electrons. The normalized spacial score (nSPS) is 14.5. The summed E-state index contributed by atoms with van der Waals surface area (Å²) in [5.41, 5.74) is 3.06. The zero-order valence-electron chi connectivity index (χ0n) is 18.8. The van der Waals surface area contributed by atoms with Gasteiger partial charge in [-0.15, -0.1) is 0 Å². The first kappa shape index (κ1) is 21.0. The SMILES string of the molecule is CCN1CCN(c2cc(C(=O)Nc3cc4nc(-c5cnn(C)c5)ccc4cn3)ccn2)CC1. The quantitative estimate of drug-likeness (QED) is 0.508. The van der Waals surface area contributed by atoms with E-state index in [1.54, 1.807) is 35.4 Å². The molecule has 1 amide bonds. The maximum atomic E-state index is 12.9. The second-order valence-corrected chi connectivity index (χ2v) is 8.14. The number of aromatic nitrogens is 5. The smallest absolute Gasteiger partial charge is 0.257 e. The molecule has 1 N–H and O–H groups in total. The Morgan fingerprint density at radius 1 is 1.06 bits per heavy atom. The molecule has 4 aromatic rings. The molecule has 0 radical (unpaired) electrons. The van der Waals surface area contributed by atoms with Crippen LogP contribution in [0, 0.1) is 0 Å². The summed E-state index contributed by atoms with van der Waals surface area (Å²) < 4.78 is 1.74. The Kier molecular flexibility index (Phi) is 5.70. The van der Waals surface area contributed by atoms with Crippen LogP contribution in [0.25, 0.3) is 22.2 Å². The molecule has 0 unspecified atom stereocenters. The summed E-state index contributed by atoms with van der Waals surface area (Å²) in [6.07, 6.45) is 7.10. The standard InChI is InChI=1S/C24H26N8O/c1-3-31-8-10-32(11-9-31)23-12-17(6-7-25-23)24(33)29-22-13-21-18(14-26-22)4-5-20(28-21)19-15-27-30(2)16-19/h4-7,12-16H,3,8-11H2,1-2H3,(H,26,29,33). The van der Waals surface area contributed by atoms with E-state index in [0.717, 1.165) is 60.7 Å². The van der Waals surface area contributed by atoms with E-state index in [-0.39, 0.29) is 5.91 Å². The fraction of sp³-hybridized carbons (Fsp3) is 0.292. The minimum atomic E-state index is -0.221. The van der Waals surface area contributed by atoms with E-state index in [0.29, 0.717) is 11.4 Å². The highest BCUT2D eigenvalue weighted by atomic mass is 16.1. The van der Waals surface area contributed by atoms with Crippen LogP contribution in [0.2, 0.25) is 0 Å². The van der Waals surface area contributed by atoms with Crippen LogP contribution >= 0.6 is 0 Å². The van der Waals surface area contributed by atoms with E-state index in [1.165, 1.54) is 0 Å². The van der Waals surface area contributed by atoms with E-state index in [4.69, 9.17) is 4.98 Å². The van der Waals surface area contributed by atoms with Gasteiger partial charge in [0.25, 0.3) is 5.91 Å². The zero-order chi connectivity index (χ0) is 22.8. The van der Waals surface area contributed by atoms with E-state index < -0.39 is 0 Å². The number of nitrogens with one attached hydrogen (secondary N) is 1. The number of rotatable bonds is 5. The summed E-state index contributed by atoms with van der Waals surface area (Å²) in [6, 6.07) is 9.27. The number of nitrogens with zero attached hydrogens (tertiary/aromatic N) is 7. The molecular weight excluding hydrogens is 416 g/mol. The average molecular weight is 443 g/mol. The van der Waals surface area contributed by atoms with E-state index in [1.807, 2.05) is 31.4 Å². The fourth-order valence-corrected chi connectivity index (χ4v) is 4.01. The van der Waals surface area contributed by atoms with Gasteiger partial charge in [-0.3, -0.25) is 9.48 Å². The van der Waals surface area contributed by atoms with Crippen molar-refractivity contribution in [3.63, 3.8) is 0 Å². The largest absolute Gasteiger partial charge is 0.354 e. The van der Waals surface area contributed by atoms with Crippen LogP contribution in [0.1, 0.15) is 17.3 Å². The Morgan fingerprint density at radius 3 is 2.67 bits per heavy atom. The van der Waals surface area contributed by atoms with Gasteiger partial charge in [0.15, 0.2) is 0 Å². The van der Waals surface area contributed by atoms with E-state index in [2.05, 4.69) is 37.1 Å². The Balaban J connectivity index is 1.33. The minimum Gasteiger partial charge on any atom is -0.354 e. The van der Waals surface area contributed by atoms with Gasteiger partial charge in [-0.2, -0.15) is 5.10 Å². The van der Waals surface area contributed by atoms with E-state index in [9.17, 15) is 4.79 Å². The summed E-state index contributed by atoms with van der Waals surface area (Å²) in [4.78, 5) is 31.2. The van der Waals surface area contributed by atoms with Gasteiger partial charge in [0.05, 0.1) is 17.4 Å². The predicted molar refractivity (Wildman–Crippen MR) is 128 cm³/mol. The van der Waals surface area contributed by atoms with Crippen LogP contribution in [-0.2, 0) is 7.05 Å². The lowest BCUT2D eigenvalue weighted by Gasteiger charge is -2.34. The average Bonchev–Trinajstić information content (AvgIpc) is 3.30. The second kappa shape index (κ2) is 8.95. The van der Waals surface area contributed by atoms with Crippen molar-refractivity contribution in [1.82, 2.24) is 29.6 Å². The van der Waals surface area contributed by atoms with Crippen molar-refractivity contribution in [1.29, 1.82) is 0 Å². The molecule has 0 atom stereocenters. The Labute approximate surface area is 192 Å². The van der Waals surface area contributed by atoms with Crippen molar-refractivity contribution in [2.45, 2.75) is 6.92 Å². The van der Waals surface area contributed by atoms with Crippen molar-refractivity contribution in [3.05, 3.63) is 60.7 Å². The maximum absolute atomic E-state index is 12.9. The van der Waals surface area contributed by atoms with E-state index >= 15 is 0 Å². The summed E-state index contributed by atoms with van der Waals surface area (Å²) in [6.45, 7) is 7.05. The molecule has 5 heterocycles. The number of fused-ring (bicyclic) bond motifs is 1. The van der Waals surface area contributed by atoms with Gasteiger partial charge < -0.3 is 15.1 Å². The highest BCUT2D eigenvalue weighted by Crippen LogP contribution is 2.22. The van der Waals surface area contributed by atoms with Crippen LogP contribution in [0.5, 0.6) is 0 Å². The molecule has 0 saturated carbocycles. The molecule has 1 aliphatic heterocycles. The number of anilines is 2. The number of pyridine rings is 3. The first-order chi connectivity index (χ1) is 16.1. The first-order valence-corrected chi connectivity index (χ1v) is 11.1. The minimum absolute atomic E-state index is 0.221. The molecular formula is C24H26N8O. The van der Waals surface area contributed by atoms with Crippen LogP contribution in [0.3, 0.4) is 0 Å². The van der Waals surface area contributed by atoms with Gasteiger partial charge in [-0.05, 0) is 30.8 Å². The van der Waals surface area contributed by atoms with Gasteiger partial charge in [0.2, 0.25) is 0 Å². The number of hydrogen-bond acceptors (Lipinski definition) is 7. The number of piperazine rings is 1. The third-order valence-corrected chi connectivity index (χ3v) is 5.97. The lowest BCUT2D eigenvalue weighted by molar-refractivity contribution is 0.102.